The minimum absolute atomic E-state index is 0.105. The van der Waals surface area contributed by atoms with E-state index in [4.69, 9.17) is 0 Å². The number of nitrogens with zero attached hydrogens (tertiary/aromatic N) is 2. The first kappa shape index (κ1) is 21.4. The van der Waals surface area contributed by atoms with Crippen LogP contribution >= 0.6 is 27.7 Å². The number of aryl methyl sites for hydroxylation is 1. The zero-order valence-corrected chi connectivity index (χ0v) is 19.2. The van der Waals surface area contributed by atoms with Crippen LogP contribution in [-0.2, 0) is 10.5 Å². The molecule has 1 N–H and O–H groups in total. The van der Waals surface area contributed by atoms with Gasteiger partial charge in [-0.25, -0.2) is 5.43 Å². The second-order valence-electron chi connectivity index (χ2n) is 6.84. The number of hydrogen-bond donors (Lipinski definition) is 1. The number of aromatic nitrogens is 1. The van der Waals surface area contributed by atoms with Crippen LogP contribution in [0.3, 0.4) is 0 Å². The number of benzene rings is 2. The van der Waals surface area contributed by atoms with Gasteiger partial charge in [-0.3, -0.25) is 4.79 Å². The summed E-state index contributed by atoms with van der Waals surface area (Å²) in [7, 11) is 0. The fraction of sp³-hybridized carbons (Fsp3) is 0.217. The van der Waals surface area contributed by atoms with E-state index in [0.29, 0.717) is 5.75 Å². The van der Waals surface area contributed by atoms with E-state index in [1.807, 2.05) is 25.1 Å². The molecule has 0 unspecified atom stereocenters. The number of hydrogen-bond acceptors (Lipinski definition) is 3. The van der Waals surface area contributed by atoms with E-state index in [9.17, 15) is 4.79 Å². The monoisotopic (exact) mass is 469 g/mol. The van der Waals surface area contributed by atoms with Crippen LogP contribution in [0.15, 0.2) is 64.2 Å². The molecule has 0 atom stereocenters. The topological polar surface area (TPSA) is 46.4 Å². The minimum Gasteiger partial charge on any atom is -0.317 e. The summed E-state index contributed by atoms with van der Waals surface area (Å²) >= 11 is 5.24. The molecule has 0 aliphatic heterocycles. The molecule has 0 fully saturated rings. The number of halogens is 1. The fourth-order valence-corrected chi connectivity index (χ4v) is 4.43. The second kappa shape index (κ2) is 9.94. The average molecular weight is 470 g/mol. The number of amides is 1. The highest BCUT2D eigenvalue weighted by molar-refractivity contribution is 9.10. The molecule has 0 radical (unpaired) electrons. The van der Waals surface area contributed by atoms with Gasteiger partial charge in [0, 0.05) is 32.9 Å². The lowest BCUT2D eigenvalue weighted by atomic mass is 10.2. The van der Waals surface area contributed by atoms with E-state index in [2.05, 4.69) is 81.3 Å². The quantitative estimate of drug-likeness (QED) is 0.364. The highest BCUT2D eigenvalue weighted by Gasteiger charge is 2.15. The summed E-state index contributed by atoms with van der Waals surface area (Å²) in [6, 6.07) is 18.5. The predicted octanol–water partition coefficient (Wildman–Crippen LogP) is 5.55. The molecule has 0 saturated heterocycles. The zero-order valence-electron chi connectivity index (χ0n) is 16.8. The molecule has 0 spiro atoms. The molecule has 6 heteroatoms. The highest BCUT2D eigenvalue weighted by atomic mass is 79.9. The molecule has 2 aromatic carbocycles. The van der Waals surface area contributed by atoms with Crippen LogP contribution in [0.1, 0.15) is 28.1 Å². The van der Waals surface area contributed by atoms with Crippen LogP contribution in [0.4, 0.5) is 0 Å². The van der Waals surface area contributed by atoms with Crippen molar-refractivity contribution in [1.82, 2.24) is 9.99 Å². The summed E-state index contributed by atoms with van der Waals surface area (Å²) in [4.78, 5) is 12.1. The van der Waals surface area contributed by atoms with Gasteiger partial charge < -0.3 is 4.57 Å². The van der Waals surface area contributed by atoms with Gasteiger partial charge >= 0.3 is 0 Å². The lowest BCUT2D eigenvalue weighted by molar-refractivity contribution is -0.118. The molecule has 4 nitrogen and oxygen atoms in total. The van der Waals surface area contributed by atoms with Crippen LogP contribution in [0.25, 0.3) is 5.69 Å². The Balaban J connectivity index is 1.58. The normalized spacial score (nSPS) is 11.2. The van der Waals surface area contributed by atoms with Gasteiger partial charge in [0.15, 0.2) is 0 Å². The van der Waals surface area contributed by atoms with E-state index in [1.165, 1.54) is 11.1 Å². The predicted molar refractivity (Wildman–Crippen MR) is 126 cm³/mol. The third kappa shape index (κ3) is 5.40. The molecule has 3 rings (SSSR count). The van der Waals surface area contributed by atoms with Crippen molar-refractivity contribution in [2.75, 3.05) is 5.75 Å². The number of thioether (sulfide) groups is 1. The smallest absolute Gasteiger partial charge is 0.250 e. The van der Waals surface area contributed by atoms with Crippen LogP contribution in [0, 0.1) is 20.8 Å². The molecule has 1 amide bonds. The molecule has 0 saturated carbocycles. The van der Waals surface area contributed by atoms with Crippen molar-refractivity contribution in [1.29, 1.82) is 0 Å². The summed E-state index contributed by atoms with van der Waals surface area (Å²) in [5.74, 6) is 1.07. The summed E-state index contributed by atoms with van der Waals surface area (Å²) < 4.78 is 3.15. The third-order valence-corrected chi connectivity index (χ3v) is 6.64. The average Bonchev–Trinajstić information content (AvgIpc) is 2.93. The van der Waals surface area contributed by atoms with E-state index < -0.39 is 0 Å². The van der Waals surface area contributed by atoms with Crippen molar-refractivity contribution in [2.24, 2.45) is 5.10 Å². The van der Waals surface area contributed by atoms with Crippen molar-refractivity contribution in [3.05, 3.63) is 87.1 Å². The van der Waals surface area contributed by atoms with Crippen LogP contribution in [0.2, 0.25) is 0 Å². The Bertz CT molecular complexity index is 1010. The Kier molecular flexibility index (Phi) is 7.34. The van der Waals surface area contributed by atoms with E-state index in [-0.39, 0.29) is 5.91 Å². The standard InChI is InChI=1S/C23H24BrN3OS/c1-16-9-11-19(12-10-16)14-29-15-22(28)26-25-13-21-17(2)27(18(3)23(21)24)20-7-5-4-6-8-20/h4-13H,14-15H2,1-3H3,(H,26,28)/b25-13-. The second-order valence-corrected chi connectivity index (χ2v) is 8.62. The van der Waals surface area contributed by atoms with E-state index in [0.717, 1.165) is 32.9 Å². The molecular weight excluding hydrogens is 446 g/mol. The first-order chi connectivity index (χ1) is 14.0. The SMILES string of the molecule is Cc1ccc(CSCC(=O)N/N=C\c2c(Br)c(C)n(-c3ccccc3)c2C)cc1. The Hall–Kier alpha value is -2.31. The zero-order chi connectivity index (χ0) is 20.8. The summed E-state index contributed by atoms with van der Waals surface area (Å²) in [6.07, 6.45) is 1.70. The number of hydrazone groups is 1. The minimum atomic E-state index is -0.105. The molecule has 0 aliphatic rings. The number of carbonyl (C=O) groups is 1. The third-order valence-electron chi connectivity index (χ3n) is 4.63. The van der Waals surface area contributed by atoms with Crippen LogP contribution in [-0.4, -0.2) is 22.4 Å². The molecular formula is C23H24BrN3OS. The molecule has 3 aromatic rings. The molecule has 1 heterocycles. The molecule has 29 heavy (non-hydrogen) atoms. The largest absolute Gasteiger partial charge is 0.317 e. The van der Waals surface area contributed by atoms with Crippen molar-refractivity contribution in [2.45, 2.75) is 26.5 Å². The Morgan fingerprint density at radius 1 is 1.07 bits per heavy atom. The van der Waals surface area contributed by atoms with Gasteiger partial charge in [-0.1, -0.05) is 48.0 Å². The van der Waals surface area contributed by atoms with Gasteiger partial charge in [0.25, 0.3) is 0 Å². The van der Waals surface area contributed by atoms with Gasteiger partial charge in [0.2, 0.25) is 5.91 Å². The van der Waals surface area contributed by atoms with Crippen molar-refractivity contribution in [3.63, 3.8) is 0 Å². The van der Waals surface area contributed by atoms with Gasteiger partial charge in [0.1, 0.15) is 0 Å². The van der Waals surface area contributed by atoms with Gasteiger partial charge in [-0.15, -0.1) is 11.8 Å². The first-order valence-corrected chi connectivity index (χ1v) is 11.3. The molecule has 0 aliphatic carbocycles. The van der Waals surface area contributed by atoms with Crippen LogP contribution < -0.4 is 5.43 Å². The molecule has 0 bridgehead atoms. The number of para-hydroxylation sites is 1. The van der Waals surface area contributed by atoms with Crippen molar-refractivity contribution in [3.8, 4) is 5.69 Å². The summed E-state index contributed by atoms with van der Waals surface area (Å²) in [5.41, 5.74) is 9.29. The van der Waals surface area contributed by atoms with Gasteiger partial charge in [-0.05, 0) is 54.4 Å². The van der Waals surface area contributed by atoms with E-state index >= 15 is 0 Å². The Morgan fingerprint density at radius 3 is 2.45 bits per heavy atom. The maximum atomic E-state index is 12.1. The Labute approximate surface area is 184 Å². The lowest BCUT2D eigenvalue weighted by Crippen LogP contribution is -2.19. The van der Waals surface area contributed by atoms with Crippen molar-refractivity contribution >= 4 is 39.8 Å². The summed E-state index contributed by atoms with van der Waals surface area (Å²) in [5, 5.41) is 4.17. The molecule has 150 valence electrons. The van der Waals surface area contributed by atoms with Gasteiger partial charge in [-0.2, -0.15) is 5.10 Å². The lowest BCUT2D eigenvalue weighted by Gasteiger charge is -2.08. The summed E-state index contributed by atoms with van der Waals surface area (Å²) in [6.45, 7) is 6.17. The van der Waals surface area contributed by atoms with Crippen molar-refractivity contribution < 1.29 is 4.79 Å². The number of nitrogens with one attached hydrogen (secondary N) is 1. The van der Waals surface area contributed by atoms with Crippen LogP contribution in [0.5, 0.6) is 0 Å². The highest BCUT2D eigenvalue weighted by Crippen LogP contribution is 2.29. The maximum absolute atomic E-state index is 12.1. The van der Waals surface area contributed by atoms with E-state index in [1.54, 1.807) is 18.0 Å². The first-order valence-electron chi connectivity index (χ1n) is 9.35. The van der Waals surface area contributed by atoms with Gasteiger partial charge in [0.05, 0.1) is 12.0 Å². The number of carbonyl (C=O) groups excluding carboxylic acids is 1. The number of rotatable bonds is 7. The Morgan fingerprint density at radius 2 is 1.76 bits per heavy atom. The fourth-order valence-electron chi connectivity index (χ4n) is 3.09. The molecule has 1 aromatic heterocycles. The maximum Gasteiger partial charge on any atom is 0.250 e.